The van der Waals surface area contributed by atoms with E-state index in [9.17, 15) is 24.9 Å². The molecule has 3 N–H and O–H groups in total. The van der Waals surface area contributed by atoms with Crippen LogP contribution < -0.4 is 14.9 Å². The fraction of sp³-hybridized carbons (Fsp3) is 0.111. The molecule has 0 amide bonds. The predicted octanol–water partition coefficient (Wildman–Crippen LogP) is 4.45. The Morgan fingerprint density at radius 2 is 1.69 bits per heavy atom. The Balaban J connectivity index is 1.60. The van der Waals surface area contributed by atoms with Crippen molar-refractivity contribution in [3.8, 4) is 40.1 Å². The topological polar surface area (TPSA) is 126 Å². The molecule has 6 rings (SSSR count). The largest absolute Gasteiger partial charge is 0.507 e. The van der Waals surface area contributed by atoms with Gasteiger partial charge in [0.05, 0.1) is 6.42 Å². The first-order valence-electron chi connectivity index (χ1n) is 10.9. The molecule has 174 valence electrons. The smallest absolute Gasteiger partial charge is 0.312 e. The van der Waals surface area contributed by atoms with Crippen molar-refractivity contribution >= 4 is 23.0 Å². The summed E-state index contributed by atoms with van der Waals surface area (Å²) in [6, 6.07) is 14.0. The molecule has 1 aromatic heterocycles. The summed E-state index contributed by atoms with van der Waals surface area (Å²) in [7, 11) is 0. The Morgan fingerprint density at radius 3 is 2.51 bits per heavy atom. The quantitative estimate of drug-likeness (QED) is 0.223. The second kappa shape index (κ2) is 7.66. The lowest BCUT2D eigenvalue weighted by atomic mass is 9.83. The van der Waals surface area contributed by atoms with Crippen LogP contribution in [0.4, 0.5) is 0 Å². The van der Waals surface area contributed by atoms with Crippen molar-refractivity contribution in [2.75, 3.05) is 6.61 Å². The molecule has 3 heterocycles. The number of hydrogen-bond donors (Lipinski definition) is 3. The van der Waals surface area contributed by atoms with Crippen LogP contribution in [0, 0.1) is 0 Å². The van der Waals surface area contributed by atoms with Crippen molar-refractivity contribution in [1.29, 1.82) is 0 Å². The van der Waals surface area contributed by atoms with Crippen molar-refractivity contribution < 1.29 is 34.0 Å². The van der Waals surface area contributed by atoms with Gasteiger partial charge < -0.3 is 29.2 Å². The van der Waals surface area contributed by atoms with Gasteiger partial charge in [-0.1, -0.05) is 18.2 Å². The third-order valence-electron chi connectivity index (χ3n) is 6.29. The van der Waals surface area contributed by atoms with Crippen molar-refractivity contribution in [2.24, 2.45) is 0 Å². The van der Waals surface area contributed by atoms with Gasteiger partial charge in [0.15, 0.2) is 16.9 Å². The number of benzene rings is 3. The van der Waals surface area contributed by atoms with Crippen LogP contribution in [0.1, 0.15) is 23.5 Å². The summed E-state index contributed by atoms with van der Waals surface area (Å²) in [4.78, 5) is 25.5. The van der Waals surface area contributed by atoms with Gasteiger partial charge in [-0.3, -0.25) is 9.59 Å². The molecule has 35 heavy (non-hydrogen) atoms. The average molecular weight is 470 g/mol. The Labute approximate surface area is 197 Å². The van der Waals surface area contributed by atoms with E-state index in [4.69, 9.17) is 13.9 Å². The van der Waals surface area contributed by atoms with E-state index < -0.39 is 17.3 Å². The number of ether oxygens (including phenoxy) is 2. The second-order valence-corrected chi connectivity index (χ2v) is 8.47. The summed E-state index contributed by atoms with van der Waals surface area (Å²) < 4.78 is 17.4. The maximum Gasteiger partial charge on any atom is 0.312 e. The van der Waals surface area contributed by atoms with Crippen LogP contribution in [0.15, 0.2) is 69.4 Å². The third-order valence-corrected chi connectivity index (χ3v) is 6.29. The molecule has 1 atom stereocenters. The van der Waals surface area contributed by atoms with Crippen LogP contribution in [0.3, 0.4) is 0 Å². The molecular formula is C27H18O8. The molecule has 0 saturated carbocycles. The molecule has 0 fully saturated rings. The van der Waals surface area contributed by atoms with Gasteiger partial charge in [0.2, 0.25) is 0 Å². The van der Waals surface area contributed by atoms with Crippen LogP contribution in [-0.4, -0.2) is 27.9 Å². The number of para-hydroxylation sites is 1. The summed E-state index contributed by atoms with van der Waals surface area (Å²) in [6.07, 6.45) is 1.95. The summed E-state index contributed by atoms with van der Waals surface area (Å²) >= 11 is 0. The van der Waals surface area contributed by atoms with Crippen molar-refractivity contribution in [3.63, 3.8) is 0 Å². The van der Waals surface area contributed by atoms with Crippen LogP contribution in [-0.2, 0) is 4.79 Å². The van der Waals surface area contributed by atoms with Crippen LogP contribution in [0.25, 0.3) is 28.4 Å². The van der Waals surface area contributed by atoms with Gasteiger partial charge in [-0.2, -0.15) is 0 Å². The minimum absolute atomic E-state index is 0.00181. The molecule has 8 nitrogen and oxygen atoms in total. The van der Waals surface area contributed by atoms with Crippen molar-refractivity contribution in [3.05, 3.63) is 81.5 Å². The SMILES string of the molecule is O=C1C[C@H](C2=Cc3ccccc3OC2)c2c(cc(O)c3c(=O)cc(-c4ccc(O)c(O)c4)oc23)O1. The van der Waals surface area contributed by atoms with E-state index in [2.05, 4.69) is 0 Å². The van der Waals surface area contributed by atoms with Crippen molar-refractivity contribution in [2.45, 2.75) is 12.3 Å². The molecule has 0 unspecified atom stereocenters. The van der Waals surface area contributed by atoms with E-state index in [1.165, 1.54) is 30.3 Å². The number of carbonyl (C=O) groups excluding carboxylic acids is 1. The van der Waals surface area contributed by atoms with E-state index in [0.29, 0.717) is 11.1 Å². The number of aromatic hydroxyl groups is 3. The van der Waals surface area contributed by atoms with E-state index in [-0.39, 0.29) is 52.8 Å². The van der Waals surface area contributed by atoms with E-state index >= 15 is 0 Å². The van der Waals surface area contributed by atoms with Crippen LogP contribution in [0.2, 0.25) is 0 Å². The molecule has 0 saturated heterocycles. The number of rotatable bonds is 2. The summed E-state index contributed by atoms with van der Waals surface area (Å²) in [5, 5.41) is 30.1. The average Bonchev–Trinajstić information content (AvgIpc) is 2.84. The standard InChI is InChI=1S/C27H18O8/c28-17-6-5-14(8-18(17)29)22-10-19(30)26-20(31)11-23-25(27(26)35-22)16(9-24(32)34-23)15-7-13-3-1-2-4-21(13)33-12-15/h1-8,10-11,16,28-29,31H,9,12H2/t16-/m1/s1. The highest BCUT2D eigenvalue weighted by Crippen LogP contribution is 2.47. The van der Waals surface area contributed by atoms with Gasteiger partial charge in [0.1, 0.15) is 40.6 Å². The molecule has 0 aliphatic carbocycles. The van der Waals surface area contributed by atoms with Gasteiger partial charge in [-0.05, 0) is 35.9 Å². The fourth-order valence-corrected chi connectivity index (χ4v) is 4.63. The minimum atomic E-state index is -0.519. The number of phenolic OH excluding ortho intramolecular Hbond substituents is 3. The first-order chi connectivity index (χ1) is 16.9. The maximum absolute atomic E-state index is 13.1. The van der Waals surface area contributed by atoms with Crippen molar-refractivity contribution in [1.82, 2.24) is 0 Å². The van der Waals surface area contributed by atoms with Gasteiger partial charge in [0, 0.05) is 34.7 Å². The summed E-state index contributed by atoms with van der Waals surface area (Å²) in [5.41, 5.74) is 2.02. The highest BCUT2D eigenvalue weighted by Gasteiger charge is 2.35. The first kappa shape index (κ1) is 20.9. The fourth-order valence-electron chi connectivity index (χ4n) is 4.63. The van der Waals surface area contributed by atoms with E-state index in [1.807, 2.05) is 30.3 Å². The van der Waals surface area contributed by atoms with Gasteiger partial charge in [0.25, 0.3) is 0 Å². The molecule has 2 aliphatic rings. The summed E-state index contributed by atoms with van der Waals surface area (Å²) in [5.74, 6) is -1.13. The lowest BCUT2D eigenvalue weighted by molar-refractivity contribution is -0.135. The highest BCUT2D eigenvalue weighted by atomic mass is 16.5. The zero-order valence-electron chi connectivity index (χ0n) is 18.1. The number of fused-ring (bicyclic) bond motifs is 4. The molecule has 0 radical (unpaired) electrons. The first-order valence-corrected chi connectivity index (χ1v) is 10.9. The van der Waals surface area contributed by atoms with Gasteiger partial charge in [-0.25, -0.2) is 0 Å². The number of carbonyl (C=O) groups is 1. The minimum Gasteiger partial charge on any atom is -0.507 e. The Hall–Kier alpha value is -4.72. The zero-order chi connectivity index (χ0) is 24.3. The molecule has 2 aliphatic heterocycles. The number of hydrogen-bond acceptors (Lipinski definition) is 8. The lowest BCUT2D eigenvalue weighted by Crippen LogP contribution is -2.25. The molecule has 0 bridgehead atoms. The molecule has 3 aromatic carbocycles. The Morgan fingerprint density at radius 1 is 0.857 bits per heavy atom. The van der Waals surface area contributed by atoms with Gasteiger partial charge >= 0.3 is 5.97 Å². The second-order valence-electron chi connectivity index (χ2n) is 8.47. The summed E-state index contributed by atoms with van der Waals surface area (Å²) in [6.45, 7) is 0.229. The normalized spacial score (nSPS) is 16.6. The maximum atomic E-state index is 13.1. The molecule has 4 aromatic rings. The molecule has 8 heteroatoms. The Kier molecular flexibility index (Phi) is 4.57. The molecule has 0 spiro atoms. The zero-order valence-corrected chi connectivity index (χ0v) is 18.1. The number of esters is 1. The van der Waals surface area contributed by atoms with Crippen LogP contribution >= 0.6 is 0 Å². The Bertz CT molecular complexity index is 1630. The predicted molar refractivity (Wildman–Crippen MR) is 126 cm³/mol. The highest BCUT2D eigenvalue weighted by molar-refractivity contribution is 5.93. The monoisotopic (exact) mass is 470 g/mol. The lowest BCUT2D eigenvalue weighted by Gasteiger charge is -2.29. The third kappa shape index (κ3) is 3.38. The van der Waals surface area contributed by atoms with Crippen LogP contribution in [0.5, 0.6) is 28.7 Å². The van der Waals surface area contributed by atoms with E-state index in [0.717, 1.165) is 16.9 Å². The number of phenols is 3. The van der Waals surface area contributed by atoms with Gasteiger partial charge in [-0.15, -0.1) is 0 Å². The van der Waals surface area contributed by atoms with E-state index in [1.54, 1.807) is 0 Å². The molecular weight excluding hydrogens is 452 g/mol.